The molecule has 0 atom stereocenters. The van der Waals surface area contributed by atoms with E-state index in [1.807, 2.05) is 6.21 Å². The van der Waals surface area contributed by atoms with Crippen LogP contribution in [0.2, 0.25) is 30.1 Å². The molecule has 0 radical (unpaired) electrons. The summed E-state index contributed by atoms with van der Waals surface area (Å²) < 4.78 is 10.9. The second kappa shape index (κ2) is 18.3. The topological polar surface area (TPSA) is 89.3 Å². The molecule has 13 heteroatoms. The standard InChI is InChI=1S/C27H38N2.C12H2Cl6O4.Ni/c1-17(2)22-12-10-13-23(18(3)4)26(22)28-16-21(9)29-27-24(19(5)6)14-11-15-25(27)20(7)8;13-1-2(14)4(16)10-9(3(1)15)21-11-5(17)7(19)8(20)6(18)12(11)22-10;/h10-20H,1-9H3;19-20H;/q;;+2/p-2. The molecule has 4 aromatic rings. The predicted octanol–water partition coefficient (Wildman–Crippen LogP) is 14.3. The third-order valence-corrected chi connectivity index (χ3v) is 10.6. The van der Waals surface area contributed by atoms with Crippen molar-refractivity contribution in [1.29, 1.82) is 0 Å². The number of para-hydroxylation sites is 2. The molecule has 0 saturated carbocycles. The van der Waals surface area contributed by atoms with Crippen LogP contribution >= 0.6 is 69.6 Å². The van der Waals surface area contributed by atoms with Crippen LogP contribution in [-0.2, 0) is 16.5 Å². The quantitative estimate of drug-likeness (QED) is 0.0705. The fourth-order valence-electron chi connectivity index (χ4n) is 5.43. The Morgan fingerprint density at radius 3 is 1.17 bits per heavy atom. The number of hydrogen-bond donors (Lipinski definition) is 0. The van der Waals surface area contributed by atoms with E-state index in [1.165, 1.54) is 22.3 Å². The number of benzene rings is 4. The summed E-state index contributed by atoms with van der Waals surface area (Å²) in [4.78, 5) is 9.97. The van der Waals surface area contributed by atoms with Crippen LogP contribution in [0.1, 0.15) is 108 Å². The SMILES string of the molecule is CC(C=Nc1c(C(C)C)cccc1C(C)C)=Nc1c(C(C)C)cccc1C(C)C.[Ni+2].[O-]c1c([O-])c(Cl)c2c(c1Cl)Oc1c(Cl)c(Cl)c(Cl)c(Cl)c1O2. The van der Waals surface area contributed by atoms with Crippen LogP contribution in [0.5, 0.6) is 34.5 Å². The molecule has 0 fully saturated rings. The Bertz CT molecular complexity index is 1840. The summed E-state index contributed by atoms with van der Waals surface area (Å²) >= 11 is 35.5. The average Bonchev–Trinajstić information content (AvgIpc) is 3.09. The monoisotopic (exact) mass is 866 g/mol. The van der Waals surface area contributed by atoms with Gasteiger partial charge in [0.05, 0.1) is 37.2 Å². The van der Waals surface area contributed by atoms with Gasteiger partial charge in [0.15, 0.2) is 23.0 Å². The smallest absolute Gasteiger partial charge is 0.872 e. The zero-order chi connectivity index (χ0) is 38.1. The molecular formula is C39H38Cl6N2NiO4. The van der Waals surface area contributed by atoms with E-state index in [-0.39, 0.29) is 59.6 Å². The van der Waals surface area contributed by atoms with Gasteiger partial charge in [0, 0.05) is 6.21 Å². The molecule has 1 aliphatic rings. The van der Waals surface area contributed by atoms with Crippen molar-refractivity contribution in [1.82, 2.24) is 0 Å². The van der Waals surface area contributed by atoms with E-state index in [2.05, 4.69) is 98.7 Å². The van der Waals surface area contributed by atoms with Crippen LogP contribution in [-0.4, -0.2) is 11.9 Å². The molecule has 6 nitrogen and oxygen atoms in total. The molecule has 0 bridgehead atoms. The van der Waals surface area contributed by atoms with Gasteiger partial charge in [-0.3, -0.25) is 9.98 Å². The number of fused-ring (bicyclic) bond motifs is 2. The molecule has 0 saturated heterocycles. The van der Waals surface area contributed by atoms with Crippen molar-refractivity contribution >= 4 is 92.9 Å². The van der Waals surface area contributed by atoms with Crippen LogP contribution in [0.25, 0.3) is 0 Å². The summed E-state index contributed by atoms with van der Waals surface area (Å²) in [5, 5.41) is 22.0. The van der Waals surface area contributed by atoms with E-state index in [1.54, 1.807) is 0 Å². The molecule has 1 aliphatic heterocycles. The summed E-state index contributed by atoms with van der Waals surface area (Å²) in [6.07, 6.45) is 1.94. The predicted molar refractivity (Wildman–Crippen MR) is 212 cm³/mol. The first-order valence-corrected chi connectivity index (χ1v) is 18.6. The molecule has 0 unspecified atom stereocenters. The second-order valence-corrected chi connectivity index (χ2v) is 15.5. The Hall–Kier alpha value is -2.35. The van der Waals surface area contributed by atoms with Crippen molar-refractivity contribution in [2.24, 2.45) is 9.98 Å². The summed E-state index contributed by atoms with van der Waals surface area (Å²) in [6, 6.07) is 13.1. The Morgan fingerprint density at radius 1 is 0.538 bits per heavy atom. The van der Waals surface area contributed by atoms with Gasteiger partial charge in [-0.1, -0.05) is 173 Å². The number of rotatable bonds is 7. The normalized spacial score (nSPS) is 12.4. The maximum atomic E-state index is 11.7. The van der Waals surface area contributed by atoms with Gasteiger partial charge < -0.3 is 19.7 Å². The van der Waals surface area contributed by atoms with Crippen LogP contribution < -0.4 is 19.7 Å². The maximum absolute atomic E-state index is 11.7. The molecule has 4 aromatic carbocycles. The van der Waals surface area contributed by atoms with E-state index >= 15 is 0 Å². The second-order valence-electron chi connectivity index (χ2n) is 13.3. The van der Waals surface area contributed by atoms with E-state index < -0.39 is 21.5 Å². The van der Waals surface area contributed by atoms with Gasteiger partial charge in [-0.2, -0.15) is 0 Å². The Morgan fingerprint density at radius 2 is 0.846 bits per heavy atom. The summed E-state index contributed by atoms with van der Waals surface area (Å²) in [5.74, 6) is -0.994. The fraction of sp³-hybridized carbons (Fsp3) is 0.333. The van der Waals surface area contributed by atoms with E-state index in [0.29, 0.717) is 23.7 Å². The van der Waals surface area contributed by atoms with Gasteiger partial charge in [0.1, 0.15) is 10.0 Å². The van der Waals surface area contributed by atoms with Crippen molar-refractivity contribution in [3.8, 4) is 34.5 Å². The van der Waals surface area contributed by atoms with Gasteiger partial charge in [0.2, 0.25) is 0 Å². The number of aliphatic imine (C=N–C) groups is 2. The van der Waals surface area contributed by atoms with E-state index in [9.17, 15) is 10.2 Å². The molecule has 0 amide bonds. The third-order valence-electron chi connectivity index (χ3n) is 8.15. The van der Waals surface area contributed by atoms with E-state index in [4.69, 9.17) is 89.1 Å². The Labute approximate surface area is 346 Å². The average molecular weight is 870 g/mol. The van der Waals surface area contributed by atoms with Gasteiger partial charge >= 0.3 is 16.5 Å². The number of hydrogen-bond acceptors (Lipinski definition) is 6. The fourth-order valence-corrected chi connectivity index (χ4v) is 6.75. The number of nitrogens with zero attached hydrogens (tertiary/aromatic N) is 2. The molecule has 0 aliphatic carbocycles. The Kier molecular flexibility index (Phi) is 15.5. The summed E-state index contributed by atoms with van der Waals surface area (Å²) in [7, 11) is 0. The molecule has 0 N–H and O–H groups in total. The zero-order valence-corrected chi connectivity index (χ0v) is 35.5. The van der Waals surface area contributed by atoms with Crippen molar-refractivity contribution in [2.45, 2.75) is 86.0 Å². The first kappa shape index (κ1) is 44.1. The Balaban J connectivity index is 0.000000284. The first-order valence-electron chi connectivity index (χ1n) is 16.3. The van der Waals surface area contributed by atoms with Gasteiger partial charge in [0.25, 0.3) is 0 Å². The maximum Gasteiger partial charge on any atom is 2.00 e. The zero-order valence-electron chi connectivity index (χ0n) is 30.0. The van der Waals surface area contributed by atoms with Gasteiger partial charge in [-0.05, 0) is 52.8 Å². The number of ether oxygens (including phenoxy) is 2. The van der Waals surface area contributed by atoms with Crippen LogP contribution in [0, 0.1) is 0 Å². The molecule has 52 heavy (non-hydrogen) atoms. The number of halogens is 6. The van der Waals surface area contributed by atoms with Crippen molar-refractivity contribution < 1.29 is 36.2 Å². The molecule has 1 heterocycles. The van der Waals surface area contributed by atoms with Crippen molar-refractivity contribution in [2.75, 3.05) is 0 Å². The summed E-state index contributed by atoms with van der Waals surface area (Å²) in [6.45, 7) is 19.9. The summed E-state index contributed by atoms with van der Waals surface area (Å²) in [5.41, 5.74) is 8.35. The minimum Gasteiger partial charge on any atom is -0.872 e. The van der Waals surface area contributed by atoms with E-state index in [0.717, 1.165) is 17.1 Å². The molecule has 280 valence electrons. The largest absolute Gasteiger partial charge is 2.00 e. The van der Waals surface area contributed by atoms with Crippen LogP contribution in [0.15, 0.2) is 46.4 Å². The van der Waals surface area contributed by atoms with Crippen LogP contribution in [0.3, 0.4) is 0 Å². The first-order chi connectivity index (χ1) is 23.9. The minimum absolute atomic E-state index is 0. The molecule has 5 rings (SSSR count). The third kappa shape index (κ3) is 9.12. The van der Waals surface area contributed by atoms with Gasteiger partial charge in [-0.25, -0.2) is 0 Å². The van der Waals surface area contributed by atoms with Crippen molar-refractivity contribution in [3.63, 3.8) is 0 Å². The van der Waals surface area contributed by atoms with Crippen molar-refractivity contribution in [3.05, 3.63) is 88.8 Å². The van der Waals surface area contributed by atoms with Gasteiger partial charge in [-0.15, -0.1) is 0 Å². The van der Waals surface area contributed by atoms with Crippen LogP contribution in [0.4, 0.5) is 11.4 Å². The molecule has 0 spiro atoms. The minimum atomic E-state index is -1.03. The molecule has 0 aromatic heterocycles. The molecular weight excluding hydrogens is 832 g/mol.